The Morgan fingerprint density at radius 3 is 2.38 bits per heavy atom. The molecular formula is C13H9F2N3O2S. The molecule has 0 aliphatic carbocycles. The lowest BCUT2D eigenvalue weighted by molar-refractivity contribution is 0.599. The summed E-state index contributed by atoms with van der Waals surface area (Å²) in [7, 11) is -4.04. The molecule has 0 spiro atoms. The second kappa shape index (κ2) is 5.38. The molecule has 0 saturated heterocycles. The van der Waals surface area contributed by atoms with Crippen LogP contribution in [0.4, 0.5) is 20.2 Å². The van der Waals surface area contributed by atoms with E-state index in [1.165, 1.54) is 6.07 Å². The fourth-order valence-corrected chi connectivity index (χ4v) is 2.65. The molecule has 21 heavy (non-hydrogen) atoms. The Labute approximate surface area is 119 Å². The largest absolute Gasteiger partial charge is 0.396 e. The third kappa shape index (κ3) is 3.09. The summed E-state index contributed by atoms with van der Waals surface area (Å²) in [5, 5.41) is 8.70. The molecule has 2 aromatic rings. The van der Waals surface area contributed by atoms with Crippen LogP contribution in [0.25, 0.3) is 0 Å². The van der Waals surface area contributed by atoms with Crippen molar-refractivity contribution in [2.75, 3.05) is 10.5 Å². The van der Waals surface area contributed by atoms with Crippen molar-refractivity contribution in [3.05, 3.63) is 53.6 Å². The smallest absolute Gasteiger partial charge is 0.261 e. The zero-order valence-electron chi connectivity index (χ0n) is 10.5. The fraction of sp³-hybridized carbons (Fsp3) is 0. The predicted molar refractivity (Wildman–Crippen MR) is 72.7 cm³/mol. The number of nitrogen functional groups attached to an aromatic ring is 1. The number of hydrogen-bond acceptors (Lipinski definition) is 4. The number of nitrogens with one attached hydrogen (secondary N) is 1. The van der Waals surface area contributed by atoms with E-state index in [4.69, 9.17) is 11.0 Å². The molecule has 0 radical (unpaired) electrons. The van der Waals surface area contributed by atoms with Crippen molar-refractivity contribution in [2.24, 2.45) is 0 Å². The van der Waals surface area contributed by atoms with Crippen molar-refractivity contribution >= 4 is 21.4 Å². The van der Waals surface area contributed by atoms with E-state index in [0.29, 0.717) is 0 Å². The van der Waals surface area contributed by atoms with Crippen molar-refractivity contribution in [1.29, 1.82) is 5.26 Å². The highest BCUT2D eigenvalue weighted by Crippen LogP contribution is 2.21. The molecule has 0 heterocycles. The van der Waals surface area contributed by atoms with E-state index in [2.05, 4.69) is 4.72 Å². The van der Waals surface area contributed by atoms with Gasteiger partial charge in [0.2, 0.25) is 0 Å². The molecule has 2 aromatic carbocycles. The van der Waals surface area contributed by atoms with Gasteiger partial charge in [-0.25, -0.2) is 17.2 Å². The molecule has 8 heteroatoms. The van der Waals surface area contributed by atoms with Crippen molar-refractivity contribution < 1.29 is 17.2 Å². The summed E-state index contributed by atoms with van der Waals surface area (Å²) in [6, 6.07) is 7.68. The molecule has 0 atom stereocenters. The monoisotopic (exact) mass is 309 g/mol. The molecular weight excluding hydrogens is 300 g/mol. The molecule has 108 valence electrons. The highest BCUT2D eigenvalue weighted by Gasteiger charge is 2.17. The molecule has 2 rings (SSSR count). The average Bonchev–Trinajstić information content (AvgIpc) is 2.43. The topological polar surface area (TPSA) is 96.0 Å². The van der Waals surface area contributed by atoms with Crippen molar-refractivity contribution in [3.63, 3.8) is 0 Å². The lowest BCUT2D eigenvalue weighted by Gasteiger charge is -2.09. The van der Waals surface area contributed by atoms with E-state index in [1.807, 2.05) is 0 Å². The Bertz CT molecular complexity index is 845. The normalized spacial score (nSPS) is 10.9. The maximum absolute atomic E-state index is 13.2. The first kappa shape index (κ1) is 14.7. The van der Waals surface area contributed by atoms with Crippen LogP contribution in [-0.4, -0.2) is 8.42 Å². The first-order chi connectivity index (χ1) is 9.83. The summed E-state index contributed by atoms with van der Waals surface area (Å²) >= 11 is 0. The van der Waals surface area contributed by atoms with Gasteiger partial charge in [0.1, 0.15) is 17.7 Å². The van der Waals surface area contributed by atoms with Gasteiger partial charge in [0.25, 0.3) is 10.0 Å². The van der Waals surface area contributed by atoms with Gasteiger partial charge in [0.15, 0.2) is 0 Å². The van der Waals surface area contributed by atoms with Gasteiger partial charge < -0.3 is 5.73 Å². The Morgan fingerprint density at radius 1 is 1.10 bits per heavy atom. The number of nitrogens with zero attached hydrogens (tertiary/aromatic N) is 1. The molecule has 0 amide bonds. The van der Waals surface area contributed by atoms with Crippen LogP contribution < -0.4 is 10.5 Å². The third-order valence-corrected chi connectivity index (χ3v) is 4.00. The van der Waals surface area contributed by atoms with Crippen LogP contribution in [0.2, 0.25) is 0 Å². The number of hydrogen-bond donors (Lipinski definition) is 2. The molecule has 0 aliphatic rings. The quantitative estimate of drug-likeness (QED) is 0.850. The standard InChI is InChI=1S/C13H9F2N3O2S/c14-11-4-2-10(5-8(11)7-16)21(19,20)18-9-1-3-12(15)13(17)6-9/h1-6,18H,17H2. The van der Waals surface area contributed by atoms with Gasteiger partial charge in [-0.1, -0.05) is 0 Å². The van der Waals surface area contributed by atoms with Crippen molar-refractivity contribution in [1.82, 2.24) is 0 Å². The minimum atomic E-state index is -4.04. The van der Waals surface area contributed by atoms with E-state index < -0.39 is 27.2 Å². The van der Waals surface area contributed by atoms with Crippen LogP contribution in [0, 0.1) is 23.0 Å². The highest BCUT2D eigenvalue weighted by atomic mass is 32.2. The molecule has 0 unspecified atom stereocenters. The zero-order chi connectivity index (χ0) is 15.6. The van der Waals surface area contributed by atoms with Gasteiger partial charge in [-0.15, -0.1) is 0 Å². The van der Waals surface area contributed by atoms with Gasteiger partial charge in [0.05, 0.1) is 21.8 Å². The van der Waals surface area contributed by atoms with Crippen LogP contribution in [-0.2, 0) is 10.0 Å². The van der Waals surface area contributed by atoms with E-state index in [9.17, 15) is 17.2 Å². The number of benzene rings is 2. The second-order valence-corrected chi connectivity index (χ2v) is 5.78. The average molecular weight is 309 g/mol. The Morgan fingerprint density at radius 2 is 1.76 bits per heavy atom. The first-order valence-electron chi connectivity index (χ1n) is 5.61. The number of rotatable bonds is 3. The van der Waals surface area contributed by atoms with E-state index in [1.54, 1.807) is 6.07 Å². The van der Waals surface area contributed by atoms with Crippen LogP contribution in [0.5, 0.6) is 0 Å². The van der Waals surface area contributed by atoms with Crippen LogP contribution in [0.15, 0.2) is 41.3 Å². The van der Waals surface area contributed by atoms with Gasteiger partial charge in [-0.3, -0.25) is 4.72 Å². The first-order valence-corrected chi connectivity index (χ1v) is 7.09. The van der Waals surface area contributed by atoms with E-state index in [0.717, 1.165) is 30.3 Å². The van der Waals surface area contributed by atoms with E-state index >= 15 is 0 Å². The van der Waals surface area contributed by atoms with Crippen LogP contribution in [0.1, 0.15) is 5.56 Å². The van der Waals surface area contributed by atoms with E-state index in [-0.39, 0.29) is 16.3 Å². The molecule has 0 aliphatic heterocycles. The van der Waals surface area contributed by atoms with Gasteiger partial charge >= 0.3 is 0 Å². The van der Waals surface area contributed by atoms with Crippen LogP contribution >= 0.6 is 0 Å². The summed E-state index contributed by atoms with van der Waals surface area (Å²) in [6.07, 6.45) is 0. The lowest BCUT2D eigenvalue weighted by atomic mass is 10.2. The summed E-state index contributed by atoms with van der Waals surface area (Å²) in [4.78, 5) is -0.289. The summed E-state index contributed by atoms with van der Waals surface area (Å²) in [5.74, 6) is -1.49. The number of sulfonamides is 1. The number of anilines is 2. The molecule has 0 bridgehead atoms. The number of nitrogens with two attached hydrogens (primary N) is 1. The minimum Gasteiger partial charge on any atom is -0.396 e. The Kier molecular flexibility index (Phi) is 3.78. The van der Waals surface area contributed by atoms with Gasteiger partial charge in [-0.05, 0) is 36.4 Å². The van der Waals surface area contributed by atoms with Gasteiger partial charge in [-0.2, -0.15) is 5.26 Å². The Hall–Kier alpha value is -2.66. The molecule has 5 nitrogen and oxygen atoms in total. The highest BCUT2D eigenvalue weighted by molar-refractivity contribution is 7.92. The van der Waals surface area contributed by atoms with Crippen molar-refractivity contribution in [3.8, 4) is 6.07 Å². The summed E-state index contributed by atoms with van der Waals surface area (Å²) in [5.41, 5.74) is 4.79. The molecule has 0 aromatic heterocycles. The summed E-state index contributed by atoms with van der Waals surface area (Å²) < 4.78 is 52.6. The zero-order valence-corrected chi connectivity index (χ0v) is 11.3. The fourth-order valence-electron chi connectivity index (χ4n) is 1.58. The lowest BCUT2D eigenvalue weighted by Crippen LogP contribution is -2.13. The van der Waals surface area contributed by atoms with Gasteiger partial charge in [0, 0.05) is 0 Å². The van der Waals surface area contributed by atoms with Crippen LogP contribution in [0.3, 0.4) is 0 Å². The molecule has 3 N–H and O–H groups in total. The summed E-state index contributed by atoms with van der Waals surface area (Å²) in [6.45, 7) is 0. The maximum atomic E-state index is 13.2. The minimum absolute atomic E-state index is 0.0525. The predicted octanol–water partition coefficient (Wildman–Crippen LogP) is 2.22. The number of nitriles is 1. The van der Waals surface area contributed by atoms with Crippen molar-refractivity contribution in [2.45, 2.75) is 4.90 Å². The second-order valence-electron chi connectivity index (χ2n) is 4.10. The third-order valence-electron chi connectivity index (χ3n) is 2.62. The maximum Gasteiger partial charge on any atom is 0.261 e. The molecule has 0 saturated carbocycles. The number of halogens is 2. The molecule has 0 fully saturated rings. The Balaban J connectivity index is 2.38. The SMILES string of the molecule is N#Cc1cc(S(=O)(=O)Nc2ccc(F)c(N)c2)ccc1F.